The van der Waals surface area contributed by atoms with Gasteiger partial charge in [0.25, 0.3) is 5.91 Å². The summed E-state index contributed by atoms with van der Waals surface area (Å²) in [5.41, 5.74) is 15.4. The Bertz CT molecular complexity index is 919. The molecule has 0 unspecified atom stereocenters. The van der Waals surface area contributed by atoms with Crippen molar-refractivity contribution in [1.29, 1.82) is 0 Å². The second-order valence-corrected chi connectivity index (χ2v) is 11.8. The van der Waals surface area contributed by atoms with Crippen molar-refractivity contribution >= 4 is 5.91 Å². The van der Waals surface area contributed by atoms with E-state index in [9.17, 15) is 25.2 Å². The average Bonchev–Trinajstić information content (AvgIpc) is 2.86. The standard InChI is InChI=1S/C25H46N6O9/c1-24(35)10-37-22(17(33)20(24)30-3)40-19-15(31-23(34)25(36)7-11(26)8-25)6-14(28)18(16(19)32)39-21-13(27)5-4-12(38-21)9-29-2/h4,11,13-22,29-30,32-33,35-36H,5-10,26-28H2,1-3H3,(H,31,34)/t11?,13-,14+,15-,16+,17-,18-,19+,20-,21-,22-,24+,25?/m1/s1. The predicted octanol–water partition coefficient (Wildman–Crippen LogP) is -4.58. The van der Waals surface area contributed by atoms with Crippen LogP contribution in [0.4, 0.5) is 0 Å². The van der Waals surface area contributed by atoms with E-state index in [0.717, 1.165) is 0 Å². The number of likely N-dealkylation sites (N-methyl/N-ethyl adjacent to an activating group) is 2. The molecule has 0 radical (unpaired) electrons. The first-order chi connectivity index (χ1) is 18.8. The molecule has 2 aliphatic heterocycles. The summed E-state index contributed by atoms with van der Waals surface area (Å²) in [4.78, 5) is 13.0. The topological polar surface area (TPSA) is 249 Å². The van der Waals surface area contributed by atoms with Crippen LogP contribution in [0.1, 0.15) is 32.6 Å². The molecule has 3 fully saturated rings. The number of amides is 1. The zero-order valence-electron chi connectivity index (χ0n) is 23.2. The lowest BCUT2D eigenvalue weighted by atomic mass is 9.75. The molecule has 13 N–H and O–H groups in total. The van der Waals surface area contributed by atoms with E-state index in [1.54, 1.807) is 14.1 Å². The van der Waals surface area contributed by atoms with Crippen molar-refractivity contribution in [3.8, 4) is 0 Å². The number of aliphatic hydroxyl groups is 4. The largest absolute Gasteiger partial charge is 0.467 e. The SMILES string of the molecule is CNCC1=CC[C@@H](N)[C@@H](O[C@H]2[C@H](O)[C@@H](O[C@H]3OC[C@](C)(O)[C@H](NC)[C@H]3O)[C@H](NC(=O)C3(O)CC(N)C3)C[C@@H]2N)O1. The first-order valence-corrected chi connectivity index (χ1v) is 13.8. The van der Waals surface area contributed by atoms with Gasteiger partial charge in [-0.2, -0.15) is 0 Å². The van der Waals surface area contributed by atoms with E-state index in [0.29, 0.717) is 18.7 Å². The first kappa shape index (κ1) is 31.5. The van der Waals surface area contributed by atoms with Crippen molar-refractivity contribution < 1.29 is 44.2 Å². The molecule has 4 rings (SSSR count). The van der Waals surface area contributed by atoms with Crippen molar-refractivity contribution in [3.05, 3.63) is 11.8 Å². The van der Waals surface area contributed by atoms with Crippen LogP contribution in [0.3, 0.4) is 0 Å². The maximum absolute atomic E-state index is 13.0. The van der Waals surface area contributed by atoms with E-state index < -0.39 is 78.3 Å². The minimum atomic E-state index is -1.64. The van der Waals surface area contributed by atoms with Crippen LogP contribution in [0.2, 0.25) is 0 Å². The van der Waals surface area contributed by atoms with Crippen LogP contribution in [0, 0.1) is 0 Å². The van der Waals surface area contributed by atoms with Crippen LogP contribution in [-0.2, 0) is 23.7 Å². The average molecular weight is 575 g/mol. The Morgan fingerprint density at radius 3 is 2.38 bits per heavy atom. The van der Waals surface area contributed by atoms with Crippen LogP contribution < -0.4 is 33.2 Å². The predicted molar refractivity (Wildman–Crippen MR) is 141 cm³/mol. The highest BCUT2D eigenvalue weighted by atomic mass is 16.7. The Hall–Kier alpha value is -1.47. The first-order valence-electron chi connectivity index (χ1n) is 13.8. The van der Waals surface area contributed by atoms with E-state index in [-0.39, 0.29) is 31.9 Å². The quantitative estimate of drug-likeness (QED) is 0.124. The summed E-state index contributed by atoms with van der Waals surface area (Å²) in [5, 5.41) is 52.4. The fourth-order valence-corrected chi connectivity index (χ4v) is 5.99. The van der Waals surface area contributed by atoms with Crippen LogP contribution in [-0.4, -0.2) is 132 Å². The lowest BCUT2D eigenvalue weighted by molar-refractivity contribution is -0.304. The van der Waals surface area contributed by atoms with Crippen molar-refractivity contribution in [2.45, 2.75) is 111 Å². The summed E-state index contributed by atoms with van der Waals surface area (Å²) in [6.07, 6.45) is -4.48. The molecule has 0 aromatic heterocycles. The molecular formula is C25H46N6O9. The summed E-state index contributed by atoms with van der Waals surface area (Å²) < 4.78 is 23.8. The van der Waals surface area contributed by atoms with E-state index in [2.05, 4.69) is 16.0 Å². The third-order valence-corrected chi connectivity index (χ3v) is 8.27. The summed E-state index contributed by atoms with van der Waals surface area (Å²) in [7, 11) is 3.36. The summed E-state index contributed by atoms with van der Waals surface area (Å²) in [5.74, 6) is -0.0194. The third-order valence-electron chi connectivity index (χ3n) is 8.27. The molecule has 2 heterocycles. The molecule has 1 saturated heterocycles. The molecule has 2 saturated carbocycles. The van der Waals surface area contributed by atoms with Gasteiger partial charge in [0.1, 0.15) is 41.4 Å². The molecule has 0 bridgehead atoms. The van der Waals surface area contributed by atoms with Gasteiger partial charge in [0.15, 0.2) is 6.29 Å². The number of hydrogen-bond donors (Lipinski definition) is 10. The maximum Gasteiger partial charge on any atom is 0.252 e. The lowest BCUT2D eigenvalue weighted by Gasteiger charge is -2.49. The minimum Gasteiger partial charge on any atom is -0.467 e. The number of carbonyl (C=O) groups is 1. The molecule has 0 spiro atoms. The number of ether oxygens (including phenoxy) is 4. The summed E-state index contributed by atoms with van der Waals surface area (Å²) in [6.45, 7) is 1.82. The highest BCUT2D eigenvalue weighted by Crippen LogP contribution is 2.34. The van der Waals surface area contributed by atoms with Crippen LogP contribution in [0.25, 0.3) is 0 Å². The molecule has 0 aromatic carbocycles. The van der Waals surface area contributed by atoms with Gasteiger partial charge in [-0.3, -0.25) is 4.79 Å². The van der Waals surface area contributed by atoms with E-state index in [4.69, 9.17) is 36.1 Å². The van der Waals surface area contributed by atoms with Crippen LogP contribution >= 0.6 is 0 Å². The highest BCUT2D eigenvalue weighted by molar-refractivity contribution is 5.86. The number of hydrogen-bond acceptors (Lipinski definition) is 14. The number of carbonyl (C=O) groups excluding carboxylic acids is 1. The molecule has 1 amide bonds. The molecular weight excluding hydrogens is 528 g/mol. The van der Waals surface area contributed by atoms with Gasteiger partial charge in [0, 0.05) is 24.9 Å². The molecule has 0 aromatic rings. The second-order valence-electron chi connectivity index (χ2n) is 11.8. The third kappa shape index (κ3) is 6.45. The van der Waals surface area contributed by atoms with Crippen molar-refractivity contribution in [1.82, 2.24) is 16.0 Å². The van der Waals surface area contributed by atoms with Crippen LogP contribution in [0.5, 0.6) is 0 Å². The van der Waals surface area contributed by atoms with Gasteiger partial charge >= 0.3 is 0 Å². The van der Waals surface area contributed by atoms with Gasteiger partial charge in [-0.05, 0) is 39.9 Å². The van der Waals surface area contributed by atoms with Crippen LogP contribution in [0.15, 0.2) is 11.8 Å². The molecule has 40 heavy (non-hydrogen) atoms. The van der Waals surface area contributed by atoms with Gasteiger partial charge in [-0.25, -0.2) is 0 Å². The molecule has 230 valence electrons. The Morgan fingerprint density at radius 1 is 1.07 bits per heavy atom. The second kappa shape index (κ2) is 12.4. The normalized spacial score (nSPS) is 47.5. The molecule has 15 nitrogen and oxygen atoms in total. The zero-order valence-corrected chi connectivity index (χ0v) is 23.2. The van der Waals surface area contributed by atoms with Gasteiger partial charge < -0.3 is 72.5 Å². The number of nitrogens with one attached hydrogen (secondary N) is 3. The molecule has 2 aliphatic carbocycles. The van der Waals surface area contributed by atoms with Gasteiger partial charge in [0.05, 0.1) is 31.3 Å². The fraction of sp³-hybridized carbons (Fsp3) is 0.880. The van der Waals surface area contributed by atoms with E-state index in [1.807, 2.05) is 6.08 Å². The number of aliphatic hydroxyl groups excluding tert-OH is 2. The smallest absolute Gasteiger partial charge is 0.252 e. The molecule has 11 atom stereocenters. The monoisotopic (exact) mass is 574 g/mol. The molecule has 4 aliphatic rings. The number of nitrogens with two attached hydrogens (primary N) is 3. The Morgan fingerprint density at radius 2 is 1.75 bits per heavy atom. The molecule has 15 heteroatoms. The Balaban J connectivity index is 1.54. The van der Waals surface area contributed by atoms with Gasteiger partial charge in [0.2, 0.25) is 6.29 Å². The minimum absolute atomic E-state index is 0.0947. The van der Waals surface area contributed by atoms with Crippen molar-refractivity contribution in [2.75, 3.05) is 27.2 Å². The van der Waals surface area contributed by atoms with Gasteiger partial charge in [-0.15, -0.1) is 0 Å². The van der Waals surface area contributed by atoms with Crippen molar-refractivity contribution in [2.24, 2.45) is 17.2 Å². The summed E-state index contributed by atoms with van der Waals surface area (Å²) >= 11 is 0. The Kier molecular flexibility index (Phi) is 9.76. The zero-order chi connectivity index (χ0) is 29.4. The van der Waals surface area contributed by atoms with Gasteiger partial charge in [-0.1, -0.05) is 0 Å². The Labute approximate surface area is 233 Å². The fourth-order valence-electron chi connectivity index (χ4n) is 5.99. The highest BCUT2D eigenvalue weighted by Gasteiger charge is 2.54. The van der Waals surface area contributed by atoms with E-state index >= 15 is 0 Å². The van der Waals surface area contributed by atoms with E-state index in [1.165, 1.54) is 6.92 Å². The van der Waals surface area contributed by atoms with Crippen molar-refractivity contribution in [3.63, 3.8) is 0 Å². The number of rotatable bonds is 9. The lowest BCUT2D eigenvalue weighted by Crippen LogP contribution is -2.70. The summed E-state index contributed by atoms with van der Waals surface area (Å²) in [6, 6.07) is -3.28. The maximum atomic E-state index is 13.0.